The van der Waals surface area contributed by atoms with Crippen LogP contribution in [-0.2, 0) is 16.1 Å². The van der Waals surface area contributed by atoms with Crippen molar-refractivity contribution in [3.63, 3.8) is 0 Å². The largest absolute Gasteiger partial charge is 0.394 e. The van der Waals surface area contributed by atoms with E-state index in [4.69, 9.17) is 10.2 Å². The average molecular weight is 321 g/mol. The number of aliphatic hydroxyl groups excluding tert-OH is 2. The molecule has 23 heavy (non-hydrogen) atoms. The van der Waals surface area contributed by atoms with Gasteiger partial charge >= 0.3 is 0 Å². The van der Waals surface area contributed by atoms with Crippen molar-refractivity contribution in [1.82, 2.24) is 15.5 Å². The minimum Gasteiger partial charge on any atom is -0.394 e. The van der Waals surface area contributed by atoms with Gasteiger partial charge in [0.2, 0.25) is 11.8 Å². The van der Waals surface area contributed by atoms with Gasteiger partial charge in [-0.15, -0.1) is 0 Å². The fraction of sp³-hybridized carbons (Fsp3) is 0.500. The number of amides is 2. The lowest BCUT2D eigenvalue weighted by Crippen LogP contribution is -2.56. The Morgan fingerprint density at radius 1 is 1.30 bits per heavy atom. The molecule has 2 rings (SSSR count). The van der Waals surface area contributed by atoms with Gasteiger partial charge < -0.3 is 20.8 Å². The normalized spacial score (nSPS) is 18.7. The van der Waals surface area contributed by atoms with Gasteiger partial charge in [-0.1, -0.05) is 30.3 Å². The third kappa shape index (κ3) is 5.02. The Bertz CT molecular complexity index is 519. The van der Waals surface area contributed by atoms with Gasteiger partial charge in [0, 0.05) is 19.6 Å². The average Bonchev–Trinajstić information content (AvgIpc) is 2.57. The molecule has 7 heteroatoms. The van der Waals surface area contributed by atoms with Crippen molar-refractivity contribution in [3.8, 4) is 0 Å². The Hall–Kier alpha value is -1.96. The molecule has 1 unspecified atom stereocenters. The SMILES string of the molecule is O=C(CC1C(=O)NCCN1Cc1ccccc1)NC(CO)CO. The van der Waals surface area contributed by atoms with E-state index < -0.39 is 12.1 Å². The molecule has 7 nitrogen and oxygen atoms in total. The second-order valence-corrected chi connectivity index (χ2v) is 5.60. The molecule has 1 heterocycles. The summed E-state index contributed by atoms with van der Waals surface area (Å²) >= 11 is 0. The minimum absolute atomic E-state index is 0.00479. The Labute approximate surface area is 135 Å². The standard InChI is InChI=1S/C16H23N3O4/c20-10-13(11-21)18-15(22)8-14-16(23)17-6-7-19(14)9-12-4-2-1-3-5-12/h1-5,13-14,20-21H,6-11H2,(H,17,23)(H,18,22). The summed E-state index contributed by atoms with van der Waals surface area (Å²) in [5, 5.41) is 23.3. The first-order valence-corrected chi connectivity index (χ1v) is 7.70. The molecule has 0 aromatic heterocycles. The summed E-state index contributed by atoms with van der Waals surface area (Å²) in [6.07, 6.45) is -0.00479. The third-order valence-electron chi connectivity index (χ3n) is 3.85. The molecular formula is C16H23N3O4. The van der Waals surface area contributed by atoms with Crippen molar-refractivity contribution >= 4 is 11.8 Å². The van der Waals surface area contributed by atoms with Crippen LogP contribution in [0.3, 0.4) is 0 Å². The number of carbonyl (C=O) groups excluding carboxylic acids is 2. The van der Waals surface area contributed by atoms with Crippen LogP contribution in [0.4, 0.5) is 0 Å². The molecule has 0 bridgehead atoms. The maximum absolute atomic E-state index is 12.1. The van der Waals surface area contributed by atoms with Gasteiger partial charge in [0.25, 0.3) is 0 Å². The number of nitrogens with zero attached hydrogens (tertiary/aromatic N) is 1. The second-order valence-electron chi connectivity index (χ2n) is 5.60. The Kier molecular flexibility index (Phi) is 6.52. The van der Waals surface area contributed by atoms with E-state index in [0.717, 1.165) is 5.56 Å². The molecule has 0 radical (unpaired) electrons. The lowest BCUT2D eigenvalue weighted by atomic mass is 10.1. The molecular weight excluding hydrogens is 298 g/mol. The van der Waals surface area contributed by atoms with Crippen LogP contribution in [0.5, 0.6) is 0 Å². The first-order valence-electron chi connectivity index (χ1n) is 7.70. The maximum Gasteiger partial charge on any atom is 0.237 e. The van der Waals surface area contributed by atoms with Gasteiger partial charge in [0.15, 0.2) is 0 Å². The zero-order valence-corrected chi connectivity index (χ0v) is 12.9. The molecule has 0 aliphatic carbocycles. The van der Waals surface area contributed by atoms with E-state index in [9.17, 15) is 9.59 Å². The first-order chi connectivity index (χ1) is 11.1. The number of hydrogen-bond acceptors (Lipinski definition) is 5. The Balaban J connectivity index is 2.00. The number of benzene rings is 1. The van der Waals surface area contributed by atoms with Crippen LogP contribution in [-0.4, -0.2) is 65.3 Å². The molecule has 1 saturated heterocycles. The van der Waals surface area contributed by atoms with E-state index in [-0.39, 0.29) is 31.4 Å². The molecule has 4 N–H and O–H groups in total. The summed E-state index contributed by atoms with van der Waals surface area (Å²) < 4.78 is 0. The summed E-state index contributed by atoms with van der Waals surface area (Å²) in [4.78, 5) is 26.1. The number of carbonyl (C=O) groups is 2. The lowest BCUT2D eigenvalue weighted by Gasteiger charge is -2.34. The molecule has 1 fully saturated rings. The minimum atomic E-state index is -0.697. The van der Waals surface area contributed by atoms with Crippen molar-refractivity contribution in [2.75, 3.05) is 26.3 Å². The zero-order valence-electron chi connectivity index (χ0n) is 12.9. The third-order valence-corrected chi connectivity index (χ3v) is 3.85. The van der Waals surface area contributed by atoms with Crippen molar-refractivity contribution in [2.24, 2.45) is 0 Å². The van der Waals surface area contributed by atoms with Crippen molar-refractivity contribution in [2.45, 2.75) is 25.0 Å². The molecule has 2 amide bonds. The summed E-state index contributed by atoms with van der Waals surface area (Å²) in [6.45, 7) is 1.14. The fourth-order valence-corrected chi connectivity index (χ4v) is 2.60. The monoisotopic (exact) mass is 321 g/mol. The Morgan fingerprint density at radius 2 is 2.00 bits per heavy atom. The van der Waals surface area contributed by atoms with Crippen LogP contribution >= 0.6 is 0 Å². The smallest absolute Gasteiger partial charge is 0.237 e. The van der Waals surface area contributed by atoms with Gasteiger partial charge in [-0.2, -0.15) is 0 Å². The molecule has 1 aromatic carbocycles. The van der Waals surface area contributed by atoms with E-state index in [1.54, 1.807) is 0 Å². The molecule has 1 atom stereocenters. The van der Waals surface area contributed by atoms with Gasteiger partial charge in [-0.25, -0.2) is 0 Å². The summed E-state index contributed by atoms with van der Waals surface area (Å²) in [6, 6.07) is 8.52. The van der Waals surface area contributed by atoms with E-state index in [1.807, 2.05) is 35.2 Å². The van der Waals surface area contributed by atoms with Crippen LogP contribution < -0.4 is 10.6 Å². The number of rotatable bonds is 7. The predicted octanol–water partition coefficient (Wildman–Crippen LogP) is -1.15. The highest BCUT2D eigenvalue weighted by molar-refractivity contribution is 5.88. The van der Waals surface area contributed by atoms with Crippen molar-refractivity contribution in [1.29, 1.82) is 0 Å². The van der Waals surface area contributed by atoms with Crippen molar-refractivity contribution in [3.05, 3.63) is 35.9 Å². The highest BCUT2D eigenvalue weighted by Crippen LogP contribution is 2.13. The molecule has 0 saturated carbocycles. The van der Waals surface area contributed by atoms with Crippen molar-refractivity contribution < 1.29 is 19.8 Å². The van der Waals surface area contributed by atoms with E-state index in [1.165, 1.54) is 0 Å². The first kappa shape index (κ1) is 17.4. The fourth-order valence-electron chi connectivity index (χ4n) is 2.60. The predicted molar refractivity (Wildman–Crippen MR) is 84.4 cm³/mol. The van der Waals surface area contributed by atoms with Gasteiger partial charge in [-0.05, 0) is 5.56 Å². The van der Waals surface area contributed by atoms with Gasteiger partial charge in [0.05, 0.1) is 31.7 Å². The zero-order chi connectivity index (χ0) is 16.7. The van der Waals surface area contributed by atoms with Crippen LogP contribution in [0.2, 0.25) is 0 Å². The number of hydrogen-bond donors (Lipinski definition) is 4. The highest BCUT2D eigenvalue weighted by Gasteiger charge is 2.31. The highest BCUT2D eigenvalue weighted by atomic mass is 16.3. The summed E-state index contributed by atoms with van der Waals surface area (Å²) in [7, 11) is 0. The van der Waals surface area contributed by atoms with Gasteiger partial charge in [0.1, 0.15) is 0 Å². The maximum atomic E-state index is 12.1. The summed E-state index contributed by atoms with van der Waals surface area (Å²) in [5.41, 5.74) is 1.08. The Morgan fingerprint density at radius 3 is 2.65 bits per heavy atom. The quantitative estimate of drug-likeness (QED) is 0.508. The van der Waals surface area contributed by atoms with Crippen LogP contribution in [0.15, 0.2) is 30.3 Å². The molecule has 0 spiro atoms. The second kappa shape index (κ2) is 8.61. The number of nitrogens with one attached hydrogen (secondary N) is 2. The molecule has 1 aromatic rings. The van der Waals surface area contributed by atoms with Crippen LogP contribution in [0.1, 0.15) is 12.0 Å². The number of piperazine rings is 1. The van der Waals surface area contributed by atoms with Crippen LogP contribution in [0, 0.1) is 0 Å². The molecule has 1 aliphatic rings. The molecule has 1 aliphatic heterocycles. The molecule has 126 valence electrons. The van der Waals surface area contributed by atoms with E-state index >= 15 is 0 Å². The lowest BCUT2D eigenvalue weighted by molar-refractivity contribution is -0.134. The van der Waals surface area contributed by atoms with Gasteiger partial charge in [-0.3, -0.25) is 14.5 Å². The topological polar surface area (TPSA) is 102 Å². The van der Waals surface area contributed by atoms with E-state index in [2.05, 4.69) is 10.6 Å². The number of aliphatic hydroxyl groups is 2. The van der Waals surface area contributed by atoms with E-state index in [0.29, 0.717) is 19.6 Å². The summed E-state index contributed by atoms with van der Waals surface area (Å²) in [5.74, 6) is -0.537. The van der Waals surface area contributed by atoms with Crippen LogP contribution in [0.25, 0.3) is 0 Å².